The quantitative estimate of drug-likeness (QED) is 0.447. The number of aliphatic hydroxyl groups is 2. The fourth-order valence-electron chi connectivity index (χ4n) is 4.86. The second kappa shape index (κ2) is 10.2. The minimum Gasteiger partial charge on any atom is -0.390 e. The van der Waals surface area contributed by atoms with Crippen LogP contribution in [0.3, 0.4) is 0 Å². The molecule has 1 saturated carbocycles. The second-order valence-electron chi connectivity index (χ2n) is 10.0. The summed E-state index contributed by atoms with van der Waals surface area (Å²) < 4.78 is 67.4. The Morgan fingerprint density at radius 1 is 1.11 bits per heavy atom. The van der Waals surface area contributed by atoms with Crippen molar-refractivity contribution in [2.75, 3.05) is 6.26 Å². The van der Waals surface area contributed by atoms with Crippen LogP contribution in [0.25, 0.3) is 11.3 Å². The van der Waals surface area contributed by atoms with E-state index in [1.54, 1.807) is 19.2 Å². The van der Waals surface area contributed by atoms with Crippen LogP contribution in [0, 0.1) is 23.4 Å². The van der Waals surface area contributed by atoms with Crippen molar-refractivity contribution >= 4 is 15.6 Å². The van der Waals surface area contributed by atoms with Gasteiger partial charge in [-0.3, -0.25) is 9.78 Å². The number of benzene rings is 1. The van der Waals surface area contributed by atoms with Crippen LogP contribution in [0.15, 0.2) is 47.6 Å². The molecule has 4 rings (SSSR count). The summed E-state index contributed by atoms with van der Waals surface area (Å²) in [4.78, 5) is 20.5. The van der Waals surface area contributed by atoms with Crippen LogP contribution in [0.2, 0.25) is 0 Å². The van der Waals surface area contributed by atoms with Gasteiger partial charge in [-0.15, -0.1) is 0 Å². The highest BCUT2D eigenvalue weighted by molar-refractivity contribution is 7.90. The first kappa shape index (κ1) is 27.9. The zero-order chi connectivity index (χ0) is 28.0. The van der Waals surface area contributed by atoms with E-state index in [-0.39, 0.29) is 30.4 Å². The Bertz CT molecular complexity index is 1470. The number of carbonyl (C=O) groups is 1. The lowest BCUT2D eigenvalue weighted by molar-refractivity contribution is -0.123. The number of hydrogen-bond acceptors (Lipinski definition) is 7. The number of hydrogen-bond donors (Lipinski definition) is 2. The van der Waals surface area contributed by atoms with Crippen molar-refractivity contribution in [3.8, 4) is 11.3 Å². The maximum absolute atomic E-state index is 14.7. The van der Waals surface area contributed by atoms with Gasteiger partial charge >= 0.3 is 0 Å². The van der Waals surface area contributed by atoms with Crippen LogP contribution in [-0.2, 0) is 16.3 Å². The molecule has 1 aliphatic carbocycles. The number of aliphatic hydroxyl groups excluding tert-OH is 1. The smallest absolute Gasteiger partial charge is 0.185 e. The Morgan fingerprint density at radius 2 is 1.76 bits per heavy atom. The standard InChI is InChI=1S/C27H27F3N2O5S/c1-14-8-15(10-24(34)27(14,2)35)18-6-7-31-13-16(18)9-23(33)22-5-4-19(28)26(32-22)25-20(29)11-17(12-21(25)30)38(3,36)37/h4-7,11-15,24,34-35H,8-10H2,1-3H3/t14-,15+,24+,27+/m1/s1. The molecule has 1 aromatic carbocycles. The van der Waals surface area contributed by atoms with Crippen LogP contribution in [0.4, 0.5) is 13.2 Å². The zero-order valence-corrected chi connectivity index (χ0v) is 21.8. The number of sulfone groups is 1. The maximum Gasteiger partial charge on any atom is 0.185 e. The number of carbonyl (C=O) groups excluding carboxylic acids is 1. The summed E-state index contributed by atoms with van der Waals surface area (Å²) in [5.74, 6) is -4.70. The summed E-state index contributed by atoms with van der Waals surface area (Å²) in [5, 5.41) is 21.0. The molecular weight excluding hydrogens is 521 g/mol. The van der Waals surface area contributed by atoms with E-state index >= 15 is 0 Å². The van der Waals surface area contributed by atoms with Gasteiger partial charge in [0.2, 0.25) is 0 Å². The molecule has 0 saturated heterocycles. The fraction of sp³-hybridized carbons (Fsp3) is 0.370. The van der Waals surface area contributed by atoms with E-state index in [0.29, 0.717) is 24.1 Å². The first-order chi connectivity index (χ1) is 17.7. The molecule has 2 N–H and O–H groups in total. The van der Waals surface area contributed by atoms with Gasteiger partial charge in [0.05, 0.1) is 22.2 Å². The maximum atomic E-state index is 14.7. The largest absolute Gasteiger partial charge is 0.390 e. The van der Waals surface area contributed by atoms with Crippen molar-refractivity contribution in [2.45, 2.75) is 55.6 Å². The van der Waals surface area contributed by atoms with Gasteiger partial charge in [-0.1, -0.05) is 6.92 Å². The highest BCUT2D eigenvalue weighted by Crippen LogP contribution is 2.42. The molecular formula is C27H27F3N2O5S. The Labute approximate surface area is 218 Å². The molecule has 7 nitrogen and oxygen atoms in total. The molecule has 0 bridgehead atoms. The Kier molecular flexibility index (Phi) is 7.48. The van der Waals surface area contributed by atoms with Crippen LogP contribution in [0.1, 0.15) is 54.2 Å². The van der Waals surface area contributed by atoms with E-state index in [9.17, 15) is 36.6 Å². The average molecular weight is 549 g/mol. The van der Waals surface area contributed by atoms with Crippen molar-refractivity contribution in [3.05, 3.63) is 77.0 Å². The van der Waals surface area contributed by atoms with Crippen LogP contribution in [-0.4, -0.2) is 52.3 Å². The summed E-state index contributed by atoms with van der Waals surface area (Å²) in [7, 11) is -3.92. The minimum absolute atomic E-state index is 0.153. The van der Waals surface area contributed by atoms with Gasteiger partial charge in [0.1, 0.15) is 28.8 Å². The molecule has 2 aromatic heterocycles. The molecule has 4 atom stereocenters. The summed E-state index contributed by atoms with van der Waals surface area (Å²) in [6, 6.07) is 4.85. The summed E-state index contributed by atoms with van der Waals surface area (Å²) in [6.07, 6.45) is 3.53. The highest BCUT2D eigenvalue weighted by Gasteiger charge is 2.43. The predicted octanol–water partition coefficient (Wildman–Crippen LogP) is 4.02. The van der Waals surface area contributed by atoms with Crippen molar-refractivity contribution < 1.29 is 36.6 Å². The lowest BCUT2D eigenvalue weighted by Crippen LogP contribution is -2.49. The topological polar surface area (TPSA) is 117 Å². The van der Waals surface area contributed by atoms with E-state index in [0.717, 1.165) is 24.0 Å². The fourth-order valence-corrected chi connectivity index (χ4v) is 5.50. The van der Waals surface area contributed by atoms with E-state index < -0.39 is 60.9 Å². The van der Waals surface area contributed by atoms with Crippen molar-refractivity contribution in [1.82, 2.24) is 9.97 Å². The van der Waals surface area contributed by atoms with E-state index in [2.05, 4.69) is 9.97 Å². The lowest BCUT2D eigenvalue weighted by atomic mass is 9.68. The van der Waals surface area contributed by atoms with Gasteiger partial charge < -0.3 is 10.2 Å². The Morgan fingerprint density at radius 3 is 2.37 bits per heavy atom. The van der Waals surface area contributed by atoms with Crippen molar-refractivity contribution in [1.29, 1.82) is 0 Å². The van der Waals surface area contributed by atoms with Crippen LogP contribution in [0.5, 0.6) is 0 Å². The third kappa shape index (κ3) is 5.36. The highest BCUT2D eigenvalue weighted by atomic mass is 32.2. The van der Waals surface area contributed by atoms with Crippen LogP contribution < -0.4 is 0 Å². The molecule has 2 heterocycles. The summed E-state index contributed by atoms with van der Waals surface area (Å²) >= 11 is 0. The van der Waals surface area contributed by atoms with E-state index in [4.69, 9.17) is 0 Å². The van der Waals surface area contributed by atoms with Gasteiger partial charge in [0.25, 0.3) is 0 Å². The van der Waals surface area contributed by atoms with Gasteiger partial charge in [0.15, 0.2) is 15.6 Å². The molecule has 0 unspecified atom stereocenters. The number of aromatic nitrogens is 2. The van der Waals surface area contributed by atoms with Crippen molar-refractivity contribution in [3.63, 3.8) is 0 Å². The SMILES string of the molecule is C[C@@H]1C[C@H](c2ccncc2CC(=O)c2ccc(F)c(-c3c(F)cc(S(C)(=O)=O)cc3F)n2)C[C@H](O)[C@@]1(C)O. The Hall–Kier alpha value is -3.15. The summed E-state index contributed by atoms with van der Waals surface area (Å²) in [6.45, 7) is 3.43. The number of pyridine rings is 2. The molecule has 0 radical (unpaired) electrons. The molecule has 0 aliphatic heterocycles. The first-order valence-electron chi connectivity index (χ1n) is 11.9. The van der Waals surface area contributed by atoms with E-state index in [1.807, 2.05) is 6.92 Å². The van der Waals surface area contributed by atoms with Gasteiger partial charge in [-0.25, -0.2) is 26.6 Å². The van der Waals surface area contributed by atoms with Crippen LogP contribution >= 0.6 is 0 Å². The monoisotopic (exact) mass is 548 g/mol. The second-order valence-corrected chi connectivity index (χ2v) is 12.1. The van der Waals surface area contributed by atoms with Gasteiger partial charge in [-0.05, 0) is 73.1 Å². The zero-order valence-electron chi connectivity index (χ0n) is 21.0. The number of rotatable bonds is 6. The molecule has 3 aromatic rings. The van der Waals surface area contributed by atoms with Gasteiger partial charge in [-0.2, -0.15) is 0 Å². The number of ketones is 1. The number of Topliss-reactive ketones (excluding diaryl/α,β-unsaturated/α-hetero) is 1. The Balaban J connectivity index is 1.65. The molecule has 1 aliphatic rings. The minimum atomic E-state index is -3.92. The molecule has 1 fully saturated rings. The molecule has 0 amide bonds. The molecule has 38 heavy (non-hydrogen) atoms. The third-order valence-corrected chi connectivity index (χ3v) is 8.45. The number of halogens is 3. The first-order valence-corrected chi connectivity index (χ1v) is 13.8. The molecule has 0 spiro atoms. The van der Waals surface area contributed by atoms with E-state index in [1.165, 1.54) is 6.20 Å². The molecule has 11 heteroatoms. The normalized spacial score (nSPS) is 23.8. The third-order valence-electron chi connectivity index (χ3n) is 7.36. The lowest BCUT2D eigenvalue weighted by Gasteiger charge is -2.43. The average Bonchev–Trinajstić information content (AvgIpc) is 2.83. The number of nitrogens with zero attached hydrogens (tertiary/aromatic N) is 2. The summed E-state index contributed by atoms with van der Waals surface area (Å²) in [5.41, 5.74) is -1.82. The molecule has 202 valence electrons. The van der Waals surface area contributed by atoms with Gasteiger partial charge in [0, 0.05) is 25.1 Å². The predicted molar refractivity (Wildman–Crippen MR) is 133 cm³/mol. The van der Waals surface area contributed by atoms with Crippen molar-refractivity contribution in [2.24, 2.45) is 5.92 Å².